The SMILES string of the molecule is CCN(CC)c1ccc2c(CC(Nc3ccccc3)c3ccccc3)cc(=O)oc2c1. The predicted molar refractivity (Wildman–Crippen MR) is 129 cm³/mol. The Balaban J connectivity index is 1.74. The molecule has 0 aliphatic rings. The average Bonchev–Trinajstić information content (AvgIpc) is 2.80. The molecular formula is C27H28N2O2. The highest BCUT2D eigenvalue weighted by atomic mass is 16.4. The molecule has 1 aromatic heterocycles. The highest BCUT2D eigenvalue weighted by Crippen LogP contribution is 2.29. The van der Waals surface area contributed by atoms with Crippen molar-refractivity contribution < 1.29 is 4.42 Å². The number of rotatable bonds is 8. The minimum absolute atomic E-state index is 0.0241. The Kier molecular flexibility index (Phi) is 6.37. The standard InChI is InChI=1S/C27H28N2O2/c1-3-29(4-2)23-15-16-24-21(18-27(30)31-26(24)19-23)17-25(20-11-7-5-8-12-20)28-22-13-9-6-10-14-22/h5-16,18-19,25,28H,3-4,17H2,1-2H3. The quantitative estimate of drug-likeness (QED) is 0.359. The van der Waals surface area contributed by atoms with Gasteiger partial charge in [0.1, 0.15) is 5.58 Å². The van der Waals surface area contributed by atoms with Crippen molar-refractivity contribution in [2.45, 2.75) is 26.3 Å². The van der Waals surface area contributed by atoms with Gasteiger partial charge in [-0.3, -0.25) is 0 Å². The van der Waals surface area contributed by atoms with Gasteiger partial charge in [0.25, 0.3) is 0 Å². The van der Waals surface area contributed by atoms with E-state index >= 15 is 0 Å². The van der Waals surface area contributed by atoms with E-state index in [-0.39, 0.29) is 11.7 Å². The van der Waals surface area contributed by atoms with E-state index in [1.807, 2.05) is 42.5 Å². The molecule has 4 rings (SSSR count). The summed E-state index contributed by atoms with van der Waals surface area (Å²) < 4.78 is 5.59. The van der Waals surface area contributed by atoms with Gasteiger partial charge in [0.05, 0.1) is 6.04 Å². The van der Waals surface area contributed by atoms with E-state index in [0.717, 1.165) is 35.4 Å². The molecule has 0 aliphatic carbocycles. The van der Waals surface area contributed by atoms with Crippen molar-refractivity contribution in [3.8, 4) is 0 Å². The molecule has 4 heteroatoms. The zero-order valence-corrected chi connectivity index (χ0v) is 18.0. The fourth-order valence-electron chi connectivity index (χ4n) is 4.07. The molecule has 4 nitrogen and oxygen atoms in total. The van der Waals surface area contributed by atoms with Crippen LogP contribution in [0.1, 0.15) is 31.0 Å². The topological polar surface area (TPSA) is 45.5 Å². The molecule has 0 saturated heterocycles. The normalized spacial score (nSPS) is 11.9. The number of hydrogen-bond donors (Lipinski definition) is 1. The van der Waals surface area contributed by atoms with E-state index in [1.165, 1.54) is 5.56 Å². The van der Waals surface area contributed by atoms with Gasteiger partial charge in [-0.25, -0.2) is 4.79 Å². The fraction of sp³-hybridized carbons (Fsp3) is 0.222. The number of benzene rings is 3. The zero-order chi connectivity index (χ0) is 21.6. The van der Waals surface area contributed by atoms with Crippen molar-refractivity contribution in [3.05, 3.63) is 106 Å². The highest BCUT2D eigenvalue weighted by Gasteiger charge is 2.16. The molecule has 0 spiro atoms. The van der Waals surface area contributed by atoms with Crippen molar-refractivity contribution in [1.29, 1.82) is 0 Å². The average molecular weight is 413 g/mol. The molecule has 1 N–H and O–H groups in total. The fourth-order valence-corrected chi connectivity index (χ4v) is 4.07. The first-order valence-electron chi connectivity index (χ1n) is 10.9. The summed E-state index contributed by atoms with van der Waals surface area (Å²) in [6, 6.07) is 28.3. The number of fused-ring (bicyclic) bond motifs is 1. The van der Waals surface area contributed by atoms with Crippen molar-refractivity contribution in [1.82, 2.24) is 0 Å². The summed E-state index contributed by atoms with van der Waals surface area (Å²) in [5.41, 5.74) is 4.60. The lowest BCUT2D eigenvalue weighted by molar-refractivity contribution is 0.557. The van der Waals surface area contributed by atoms with Crippen LogP contribution in [0.3, 0.4) is 0 Å². The van der Waals surface area contributed by atoms with E-state index in [1.54, 1.807) is 6.07 Å². The summed E-state index contributed by atoms with van der Waals surface area (Å²) in [5.74, 6) is 0. The van der Waals surface area contributed by atoms with Gasteiger partial charge in [0, 0.05) is 42.0 Å². The van der Waals surface area contributed by atoms with Crippen LogP contribution in [0.25, 0.3) is 11.0 Å². The van der Waals surface area contributed by atoms with Crippen LogP contribution in [0, 0.1) is 0 Å². The Hall–Kier alpha value is -3.53. The molecule has 0 fully saturated rings. The van der Waals surface area contributed by atoms with Gasteiger partial charge in [-0.05, 0) is 55.7 Å². The second-order valence-electron chi connectivity index (χ2n) is 7.62. The summed E-state index contributed by atoms with van der Waals surface area (Å²) in [6.07, 6.45) is 0.672. The number of hydrogen-bond acceptors (Lipinski definition) is 4. The van der Waals surface area contributed by atoms with Gasteiger partial charge >= 0.3 is 5.63 Å². The van der Waals surface area contributed by atoms with Crippen LogP contribution in [-0.4, -0.2) is 13.1 Å². The molecule has 0 bridgehead atoms. The van der Waals surface area contributed by atoms with Gasteiger partial charge in [-0.15, -0.1) is 0 Å². The Morgan fingerprint density at radius 3 is 2.23 bits per heavy atom. The molecule has 4 aromatic rings. The van der Waals surface area contributed by atoms with E-state index < -0.39 is 0 Å². The maximum atomic E-state index is 12.4. The maximum Gasteiger partial charge on any atom is 0.336 e. The molecule has 1 heterocycles. The number of nitrogens with one attached hydrogen (secondary N) is 1. The summed E-state index contributed by atoms with van der Waals surface area (Å²) in [4.78, 5) is 14.6. The van der Waals surface area contributed by atoms with Gasteiger partial charge in [0.2, 0.25) is 0 Å². The van der Waals surface area contributed by atoms with Crippen LogP contribution in [0.5, 0.6) is 0 Å². The highest BCUT2D eigenvalue weighted by molar-refractivity contribution is 5.83. The van der Waals surface area contributed by atoms with Gasteiger partial charge in [0.15, 0.2) is 0 Å². The van der Waals surface area contributed by atoms with Gasteiger partial charge in [-0.2, -0.15) is 0 Å². The first kappa shape index (κ1) is 20.7. The molecule has 0 radical (unpaired) electrons. The molecular weight excluding hydrogens is 384 g/mol. The van der Waals surface area contributed by atoms with Crippen LogP contribution in [0.2, 0.25) is 0 Å². The largest absolute Gasteiger partial charge is 0.423 e. The zero-order valence-electron chi connectivity index (χ0n) is 18.0. The predicted octanol–water partition coefficient (Wildman–Crippen LogP) is 6.04. The van der Waals surface area contributed by atoms with Crippen LogP contribution in [-0.2, 0) is 6.42 Å². The van der Waals surface area contributed by atoms with E-state index in [9.17, 15) is 4.79 Å². The molecule has 1 atom stereocenters. The third-order valence-electron chi connectivity index (χ3n) is 5.68. The Morgan fingerprint density at radius 1 is 0.871 bits per heavy atom. The smallest absolute Gasteiger partial charge is 0.336 e. The van der Waals surface area contributed by atoms with Crippen molar-refractivity contribution in [2.24, 2.45) is 0 Å². The molecule has 31 heavy (non-hydrogen) atoms. The van der Waals surface area contributed by atoms with E-state index in [2.05, 4.69) is 60.5 Å². The lowest BCUT2D eigenvalue weighted by atomic mass is 9.96. The molecule has 1 unspecified atom stereocenters. The van der Waals surface area contributed by atoms with Gasteiger partial charge in [-0.1, -0.05) is 48.5 Å². The van der Waals surface area contributed by atoms with Crippen molar-refractivity contribution >= 4 is 22.3 Å². The summed E-state index contributed by atoms with van der Waals surface area (Å²) in [5, 5.41) is 4.61. The minimum Gasteiger partial charge on any atom is -0.423 e. The molecule has 0 saturated carbocycles. The summed E-state index contributed by atoms with van der Waals surface area (Å²) in [7, 11) is 0. The number of anilines is 2. The molecule has 0 amide bonds. The minimum atomic E-state index is -0.314. The first-order chi connectivity index (χ1) is 15.2. The van der Waals surface area contributed by atoms with Crippen LogP contribution in [0.4, 0.5) is 11.4 Å². The van der Waals surface area contributed by atoms with E-state index in [0.29, 0.717) is 12.0 Å². The molecule has 0 aliphatic heterocycles. The Labute approximate surface area is 183 Å². The maximum absolute atomic E-state index is 12.4. The first-order valence-corrected chi connectivity index (χ1v) is 10.9. The summed E-state index contributed by atoms with van der Waals surface area (Å²) in [6.45, 7) is 6.06. The van der Waals surface area contributed by atoms with Crippen LogP contribution < -0.4 is 15.8 Å². The number of para-hydroxylation sites is 1. The van der Waals surface area contributed by atoms with Gasteiger partial charge < -0.3 is 14.6 Å². The second kappa shape index (κ2) is 9.52. The molecule has 158 valence electrons. The van der Waals surface area contributed by atoms with Crippen molar-refractivity contribution in [3.63, 3.8) is 0 Å². The molecule has 3 aromatic carbocycles. The third-order valence-corrected chi connectivity index (χ3v) is 5.68. The van der Waals surface area contributed by atoms with Crippen LogP contribution in [0.15, 0.2) is 94.1 Å². The Morgan fingerprint density at radius 2 is 1.55 bits per heavy atom. The second-order valence-corrected chi connectivity index (χ2v) is 7.62. The van der Waals surface area contributed by atoms with Crippen molar-refractivity contribution in [2.75, 3.05) is 23.3 Å². The van der Waals surface area contributed by atoms with E-state index in [4.69, 9.17) is 4.42 Å². The number of nitrogens with zero attached hydrogens (tertiary/aromatic N) is 1. The monoisotopic (exact) mass is 412 g/mol. The third kappa shape index (κ3) is 4.80. The lowest BCUT2D eigenvalue weighted by Gasteiger charge is -2.23. The lowest BCUT2D eigenvalue weighted by Crippen LogP contribution is -2.21. The Bertz CT molecular complexity index is 1180. The summed E-state index contributed by atoms with van der Waals surface area (Å²) >= 11 is 0. The van der Waals surface area contributed by atoms with Crippen LogP contribution >= 0.6 is 0 Å².